The van der Waals surface area contributed by atoms with Crippen molar-refractivity contribution in [3.8, 4) is 5.75 Å². The molecule has 2 aromatic carbocycles. The third-order valence-corrected chi connectivity index (χ3v) is 5.39. The first kappa shape index (κ1) is 23.3. The average molecular weight is 456 g/mol. The van der Waals surface area contributed by atoms with Crippen LogP contribution in [0.5, 0.6) is 5.75 Å². The highest BCUT2D eigenvalue weighted by Gasteiger charge is 2.33. The number of amides is 1. The van der Waals surface area contributed by atoms with Gasteiger partial charge in [-0.25, -0.2) is 14.2 Å². The summed E-state index contributed by atoms with van der Waals surface area (Å²) in [6.07, 6.45) is 1.85. The van der Waals surface area contributed by atoms with E-state index in [1.165, 1.54) is 12.1 Å². The molecule has 1 N–H and O–H groups in total. The molecule has 0 saturated heterocycles. The SMILES string of the molecule is CCOC(=O)C1=C(O)/C(=C/c2ccc(OCc3cccc(F)c3)cc2)SC1=NC(=O)CC. The molecule has 166 valence electrons. The molecule has 0 unspecified atom stereocenters. The Morgan fingerprint density at radius 1 is 1.16 bits per heavy atom. The minimum atomic E-state index is -0.732. The quantitative estimate of drug-likeness (QED) is 0.578. The fraction of sp³-hybridized carbons (Fsp3) is 0.208. The lowest BCUT2D eigenvalue weighted by molar-refractivity contribution is -0.138. The number of aliphatic hydroxyl groups is 1. The minimum absolute atomic E-state index is 0.111. The molecular formula is C24H22FNO5S. The van der Waals surface area contributed by atoms with Crippen LogP contribution in [0.15, 0.2) is 69.8 Å². The predicted molar refractivity (Wildman–Crippen MR) is 122 cm³/mol. The maximum absolute atomic E-state index is 13.3. The third kappa shape index (κ3) is 5.85. The molecule has 0 aromatic heterocycles. The first-order valence-electron chi connectivity index (χ1n) is 10.0. The van der Waals surface area contributed by atoms with Crippen LogP contribution in [-0.2, 0) is 20.9 Å². The van der Waals surface area contributed by atoms with Gasteiger partial charge >= 0.3 is 5.97 Å². The second-order valence-corrected chi connectivity index (χ2v) is 7.74. The van der Waals surface area contributed by atoms with Crippen LogP contribution in [0.4, 0.5) is 4.39 Å². The van der Waals surface area contributed by atoms with Crippen LogP contribution < -0.4 is 4.74 Å². The topological polar surface area (TPSA) is 85.2 Å². The number of thioether (sulfide) groups is 1. The summed E-state index contributed by atoms with van der Waals surface area (Å²) in [5.74, 6) is -1.13. The Kier molecular flexibility index (Phi) is 7.83. The van der Waals surface area contributed by atoms with Gasteiger partial charge in [-0.05, 0) is 48.4 Å². The molecule has 0 bridgehead atoms. The van der Waals surface area contributed by atoms with Crippen molar-refractivity contribution < 1.29 is 28.6 Å². The maximum atomic E-state index is 13.3. The molecule has 3 rings (SSSR count). The number of hydrogen-bond acceptors (Lipinski definition) is 6. The Morgan fingerprint density at radius 2 is 1.91 bits per heavy atom. The number of carbonyl (C=O) groups excluding carboxylic acids is 2. The molecular weight excluding hydrogens is 433 g/mol. The Bertz CT molecular complexity index is 1110. The minimum Gasteiger partial charge on any atom is -0.506 e. The van der Waals surface area contributed by atoms with Gasteiger partial charge in [0.05, 0.1) is 11.5 Å². The number of ether oxygens (including phenoxy) is 2. The van der Waals surface area contributed by atoms with Crippen LogP contribution in [-0.4, -0.2) is 28.6 Å². The van der Waals surface area contributed by atoms with Gasteiger partial charge in [0.15, 0.2) is 0 Å². The Hall–Kier alpha value is -3.39. The first-order valence-corrected chi connectivity index (χ1v) is 10.8. The number of esters is 1. The summed E-state index contributed by atoms with van der Waals surface area (Å²) in [7, 11) is 0. The molecule has 8 heteroatoms. The van der Waals surface area contributed by atoms with Gasteiger partial charge in [-0.2, -0.15) is 0 Å². The van der Waals surface area contributed by atoms with Gasteiger partial charge in [-0.1, -0.05) is 43.0 Å². The van der Waals surface area contributed by atoms with Crippen molar-refractivity contribution in [1.29, 1.82) is 0 Å². The summed E-state index contributed by atoms with van der Waals surface area (Å²) in [6, 6.07) is 13.2. The van der Waals surface area contributed by atoms with Gasteiger partial charge in [0.2, 0.25) is 5.91 Å². The van der Waals surface area contributed by atoms with Gasteiger partial charge in [-0.3, -0.25) is 4.79 Å². The lowest BCUT2D eigenvalue weighted by Gasteiger charge is -2.07. The first-order chi connectivity index (χ1) is 15.4. The van der Waals surface area contributed by atoms with Crippen molar-refractivity contribution in [2.75, 3.05) is 6.61 Å². The number of nitrogens with zero attached hydrogens (tertiary/aromatic N) is 1. The third-order valence-electron chi connectivity index (χ3n) is 4.37. The summed E-state index contributed by atoms with van der Waals surface area (Å²) in [6.45, 7) is 3.67. The molecule has 0 atom stereocenters. The van der Waals surface area contributed by atoms with Gasteiger partial charge in [-0.15, -0.1) is 0 Å². The van der Waals surface area contributed by atoms with Crippen molar-refractivity contribution in [2.45, 2.75) is 26.9 Å². The normalized spacial score (nSPS) is 16.0. The Balaban J connectivity index is 1.78. The van der Waals surface area contributed by atoms with E-state index in [4.69, 9.17) is 9.47 Å². The molecule has 2 aromatic rings. The van der Waals surface area contributed by atoms with Gasteiger partial charge < -0.3 is 14.6 Å². The average Bonchev–Trinajstić information content (AvgIpc) is 3.08. The Labute approximate surface area is 189 Å². The molecule has 1 aliphatic rings. The summed E-state index contributed by atoms with van der Waals surface area (Å²) in [4.78, 5) is 28.4. The van der Waals surface area contributed by atoms with Crippen molar-refractivity contribution in [1.82, 2.24) is 0 Å². The number of benzene rings is 2. The van der Waals surface area contributed by atoms with Crippen LogP contribution in [0.2, 0.25) is 0 Å². The van der Waals surface area contributed by atoms with E-state index in [9.17, 15) is 19.1 Å². The lowest BCUT2D eigenvalue weighted by Crippen LogP contribution is -2.14. The van der Waals surface area contributed by atoms with Gasteiger partial charge in [0.1, 0.15) is 34.5 Å². The fourth-order valence-corrected chi connectivity index (χ4v) is 3.82. The van der Waals surface area contributed by atoms with Crippen molar-refractivity contribution in [3.63, 3.8) is 0 Å². The van der Waals surface area contributed by atoms with Gasteiger partial charge in [0, 0.05) is 6.42 Å². The number of aliphatic hydroxyl groups excluding tert-OH is 1. The Morgan fingerprint density at radius 3 is 2.56 bits per heavy atom. The van der Waals surface area contributed by atoms with E-state index in [0.717, 1.165) is 17.3 Å². The summed E-state index contributed by atoms with van der Waals surface area (Å²) in [5, 5.41) is 10.7. The van der Waals surface area contributed by atoms with Crippen molar-refractivity contribution in [2.24, 2.45) is 4.99 Å². The van der Waals surface area contributed by atoms with Crippen molar-refractivity contribution >= 4 is 34.8 Å². The van der Waals surface area contributed by atoms with E-state index >= 15 is 0 Å². The number of halogens is 1. The molecule has 0 spiro atoms. The van der Waals surface area contributed by atoms with Crippen molar-refractivity contribution in [3.05, 3.63) is 81.7 Å². The molecule has 6 nitrogen and oxygen atoms in total. The van der Waals surface area contributed by atoms with Crippen LogP contribution in [0.3, 0.4) is 0 Å². The van der Waals surface area contributed by atoms with Gasteiger partial charge in [0.25, 0.3) is 0 Å². The number of hydrogen-bond donors (Lipinski definition) is 1. The molecule has 32 heavy (non-hydrogen) atoms. The molecule has 1 amide bonds. The second-order valence-electron chi connectivity index (χ2n) is 6.71. The monoisotopic (exact) mass is 455 g/mol. The zero-order valence-corrected chi connectivity index (χ0v) is 18.4. The highest BCUT2D eigenvalue weighted by molar-refractivity contribution is 8.18. The van der Waals surface area contributed by atoms with Crippen LogP contribution in [0.1, 0.15) is 31.4 Å². The zero-order chi connectivity index (χ0) is 23.1. The van der Waals surface area contributed by atoms with E-state index in [1.807, 2.05) is 0 Å². The van der Waals surface area contributed by atoms with E-state index < -0.39 is 11.9 Å². The molecule has 0 aliphatic carbocycles. The van der Waals surface area contributed by atoms with E-state index in [1.54, 1.807) is 56.3 Å². The van der Waals surface area contributed by atoms with E-state index in [0.29, 0.717) is 16.2 Å². The summed E-state index contributed by atoms with van der Waals surface area (Å²) < 4.78 is 23.9. The maximum Gasteiger partial charge on any atom is 0.344 e. The molecule has 1 aliphatic heterocycles. The number of aliphatic imine (C=N–C) groups is 1. The molecule has 0 fully saturated rings. The number of rotatable bonds is 7. The van der Waals surface area contributed by atoms with Crippen LogP contribution >= 0.6 is 11.8 Å². The highest BCUT2D eigenvalue weighted by Crippen LogP contribution is 2.39. The van der Waals surface area contributed by atoms with E-state index in [-0.39, 0.29) is 41.8 Å². The zero-order valence-electron chi connectivity index (χ0n) is 17.6. The molecule has 0 saturated carbocycles. The fourth-order valence-electron chi connectivity index (χ4n) is 2.79. The second kappa shape index (κ2) is 10.8. The smallest absolute Gasteiger partial charge is 0.344 e. The van der Waals surface area contributed by atoms with Crippen LogP contribution in [0, 0.1) is 5.82 Å². The molecule has 0 radical (unpaired) electrons. The van der Waals surface area contributed by atoms with Crippen LogP contribution in [0.25, 0.3) is 6.08 Å². The number of carbonyl (C=O) groups is 2. The summed E-state index contributed by atoms with van der Waals surface area (Å²) in [5.41, 5.74) is 1.34. The summed E-state index contributed by atoms with van der Waals surface area (Å²) >= 11 is 1.03. The van der Waals surface area contributed by atoms with E-state index in [2.05, 4.69) is 4.99 Å². The lowest BCUT2D eigenvalue weighted by atomic mass is 10.1. The molecule has 1 heterocycles. The highest BCUT2D eigenvalue weighted by atomic mass is 32.2. The largest absolute Gasteiger partial charge is 0.506 e. The predicted octanol–water partition coefficient (Wildman–Crippen LogP) is 5.20. The standard InChI is InChI=1S/C24H22FNO5S/c1-3-20(27)26-23-21(24(29)30-4-2)22(28)19(32-23)13-15-8-10-18(11-9-15)31-14-16-6-5-7-17(25)12-16/h5-13,28H,3-4,14H2,1-2H3/b19-13-,26-23?.